The summed E-state index contributed by atoms with van der Waals surface area (Å²) >= 11 is 0. The molecule has 0 N–H and O–H groups in total. The SMILES string of the molecule is COc1cccc(CN2C[C@]34C=C[C@H](O3)C(C(=O)N3CCCC3)C4C2=O)c1. The van der Waals surface area contributed by atoms with Crippen molar-refractivity contribution >= 4 is 11.8 Å². The Morgan fingerprint density at radius 1 is 1.33 bits per heavy atom. The van der Waals surface area contributed by atoms with Gasteiger partial charge in [-0.2, -0.15) is 0 Å². The number of ether oxygens (including phenoxy) is 2. The molecule has 3 fully saturated rings. The molecule has 0 aliphatic carbocycles. The molecule has 4 aliphatic rings. The summed E-state index contributed by atoms with van der Waals surface area (Å²) in [6.07, 6.45) is 5.83. The van der Waals surface area contributed by atoms with Crippen molar-refractivity contribution in [3.05, 3.63) is 42.0 Å². The summed E-state index contributed by atoms with van der Waals surface area (Å²) in [5.74, 6) is 0.117. The maximum Gasteiger partial charge on any atom is 0.230 e. The number of rotatable bonds is 4. The van der Waals surface area contributed by atoms with E-state index in [0.29, 0.717) is 13.1 Å². The topological polar surface area (TPSA) is 59.1 Å². The van der Waals surface area contributed by atoms with Crippen LogP contribution in [0.25, 0.3) is 0 Å². The number of fused-ring (bicyclic) bond motifs is 1. The van der Waals surface area contributed by atoms with Crippen molar-refractivity contribution in [3.8, 4) is 5.75 Å². The van der Waals surface area contributed by atoms with Gasteiger partial charge < -0.3 is 19.3 Å². The summed E-state index contributed by atoms with van der Waals surface area (Å²) in [4.78, 5) is 30.1. The van der Waals surface area contributed by atoms with Gasteiger partial charge in [0.1, 0.15) is 11.4 Å². The van der Waals surface area contributed by atoms with Crippen molar-refractivity contribution in [2.45, 2.75) is 31.1 Å². The Morgan fingerprint density at radius 2 is 2.15 bits per heavy atom. The van der Waals surface area contributed by atoms with Crippen LogP contribution in [0.3, 0.4) is 0 Å². The van der Waals surface area contributed by atoms with E-state index < -0.39 is 11.5 Å². The molecule has 2 unspecified atom stereocenters. The molecule has 2 bridgehead atoms. The van der Waals surface area contributed by atoms with Crippen LogP contribution in [-0.4, -0.2) is 60.1 Å². The summed E-state index contributed by atoms with van der Waals surface area (Å²) in [6.45, 7) is 2.60. The molecule has 6 heteroatoms. The number of hydrogen-bond donors (Lipinski definition) is 0. The lowest BCUT2D eigenvalue weighted by Crippen LogP contribution is -2.45. The molecule has 3 saturated heterocycles. The highest BCUT2D eigenvalue weighted by molar-refractivity contribution is 5.93. The van der Waals surface area contributed by atoms with Gasteiger partial charge in [0, 0.05) is 19.6 Å². The fourth-order valence-electron chi connectivity index (χ4n) is 5.13. The zero-order chi connectivity index (χ0) is 18.6. The monoisotopic (exact) mass is 368 g/mol. The third-order valence-corrected chi connectivity index (χ3v) is 6.39. The quantitative estimate of drug-likeness (QED) is 0.758. The van der Waals surface area contributed by atoms with Crippen LogP contribution in [0.15, 0.2) is 36.4 Å². The minimum absolute atomic E-state index is 0.0298. The van der Waals surface area contributed by atoms with Crippen molar-refractivity contribution in [1.29, 1.82) is 0 Å². The van der Waals surface area contributed by atoms with Gasteiger partial charge in [-0.3, -0.25) is 9.59 Å². The molecule has 1 aromatic carbocycles. The number of hydrogen-bond acceptors (Lipinski definition) is 4. The Balaban J connectivity index is 1.39. The fourth-order valence-corrected chi connectivity index (χ4v) is 5.13. The standard InChI is InChI=1S/C21H24N2O4/c1-26-15-6-4-5-14(11-15)12-23-13-21-8-7-16(27-21)17(18(21)20(23)25)19(24)22-9-2-3-10-22/h4-8,11,16-18H,2-3,9-10,12-13H2,1H3/t16-,17?,18?,21-/m0/s1. The molecule has 6 nitrogen and oxygen atoms in total. The van der Waals surface area contributed by atoms with E-state index in [-0.39, 0.29) is 23.8 Å². The fraction of sp³-hybridized carbons (Fsp3) is 0.524. The van der Waals surface area contributed by atoms with E-state index in [4.69, 9.17) is 9.47 Å². The second-order valence-corrected chi connectivity index (χ2v) is 7.98. The van der Waals surface area contributed by atoms with Gasteiger partial charge in [-0.15, -0.1) is 0 Å². The van der Waals surface area contributed by atoms with E-state index >= 15 is 0 Å². The largest absolute Gasteiger partial charge is 0.497 e. The lowest BCUT2D eigenvalue weighted by molar-refractivity contribution is -0.142. The van der Waals surface area contributed by atoms with Gasteiger partial charge >= 0.3 is 0 Å². The van der Waals surface area contributed by atoms with Gasteiger partial charge in [0.15, 0.2) is 0 Å². The molecule has 4 heterocycles. The van der Waals surface area contributed by atoms with E-state index in [1.165, 1.54) is 0 Å². The molecule has 0 aromatic heterocycles. The molecule has 142 valence electrons. The summed E-state index contributed by atoms with van der Waals surface area (Å²) < 4.78 is 11.5. The highest BCUT2D eigenvalue weighted by Gasteiger charge is 2.67. The van der Waals surface area contributed by atoms with Gasteiger partial charge in [0.25, 0.3) is 0 Å². The second-order valence-electron chi connectivity index (χ2n) is 7.98. The number of nitrogens with zero attached hydrogens (tertiary/aromatic N) is 2. The Morgan fingerprint density at radius 3 is 2.93 bits per heavy atom. The molecule has 2 amide bonds. The molecule has 5 rings (SSSR count). The zero-order valence-corrected chi connectivity index (χ0v) is 15.5. The van der Waals surface area contributed by atoms with Crippen LogP contribution < -0.4 is 4.74 Å². The predicted molar refractivity (Wildman–Crippen MR) is 97.9 cm³/mol. The molecule has 0 radical (unpaired) electrons. The molecule has 1 spiro atoms. The summed E-state index contributed by atoms with van der Waals surface area (Å²) in [5, 5.41) is 0. The van der Waals surface area contributed by atoms with Crippen molar-refractivity contribution in [2.75, 3.05) is 26.7 Å². The smallest absolute Gasteiger partial charge is 0.230 e. The van der Waals surface area contributed by atoms with Crippen LogP contribution in [0.1, 0.15) is 18.4 Å². The number of methoxy groups -OCH3 is 1. The van der Waals surface area contributed by atoms with Crippen molar-refractivity contribution in [2.24, 2.45) is 11.8 Å². The van der Waals surface area contributed by atoms with Crippen LogP contribution in [0.2, 0.25) is 0 Å². The summed E-state index contributed by atoms with van der Waals surface area (Å²) in [6, 6.07) is 7.75. The normalized spacial score (nSPS) is 33.8. The van der Waals surface area contributed by atoms with Gasteiger partial charge in [-0.05, 0) is 30.5 Å². The Kier molecular flexibility index (Phi) is 3.79. The van der Waals surface area contributed by atoms with Gasteiger partial charge in [0.2, 0.25) is 11.8 Å². The summed E-state index contributed by atoms with van der Waals surface area (Å²) in [7, 11) is 1.63. The number of carbonyl (C=O) groups is 2. The molecule has 0 saturated carbocycles. The highest BCUT2D eigenvalue weighted by Crippen LogP contribution is 2.52. The van der Waals surface area contributed by atoms with Crippen LogP contribution in [0.4, 0.5) is 0 Å². The minimum Gasteiger partial charge on any atom is -0.497 e. The third kappa shape index (κ3) is 2.50. The number of benzene rings is 1. The molecule has 4 aliphatic heterocycles. The Bertz CT molecular complexity index is 816. The number of likely N-dealkylation sites (tertiary alicyclic amines) is 2. The van der Waals surface area contributed by atoms with Gasteiger partial charge in [0.05, 0.1) is 31.6 Å². The average molecular weight is 368 g/mol. The van der Waals surface area contributed by atoms with Gasteiger partial charge in [-0.1, -0.05) is 24.3 Å². The van der Waals surface area contributed by atoms with Crippen LogP contribution in [0.5, 0.6) is 5.75 Å². The van der Waals surface area contributed by atoms with E-state index in [0.717, 1.165) is 37.2 Å². The lowest BCUT2D eigenvalue weighted by Gasteiger charge is -2.27. The van der Waals surface area contributed by atoms with Crippen molar-refractivity contribution < 1.29 is 19.1 Å². The Labute approximate surface area is 158 Å². The van der Waals surface area contributed by atoms with E-state index in [2.05, 4.69) is 0 Å². The van der Waals surface area contributed by atoms with Gasteiger partial charge in [-0.25, -0.2) is 0 Å². The summed E-state index contributed by atoms with van der Waals surface area (Å²) in [5.41, 5.74) is 0.376. The molecular formula is C21H24N2O4. The van der Waals surface area contributed by atoms with Crippen LogP contribution >= 0.6 is 0 Å². The van der Waals surface area contributed by atoms with E-state index in [1.807, 2.05) is 46.2 Å². The maximum absolute atomic E-state index is 13.3. The first kappa shape index (κ1) is 16.8. The first-order valence-corrected chi connectivity index (χ1v) is 9.69. The van der Waals surface area contributed by atoms with E-state index in [9.17, 15) is 9.59 Å². The van der Waals surface area contributed by atoms with Crippen molar-refractivity contribution in [3.63, 3.8) is 0 Å². The molecule has 27 heavy (non-hydrogen) atoms. The molecule has 4 atom stereocenters. The number of amides is 2. The number of carbonyl (C=O) groups excluding carboxylic acids is 2. The van der Waals surface area contributed by atoms with Crippen LogP contribution in [-0.2, 0) is 20.9 Å². The predicted octanol–water partition coefficient (Wildman–Crippen LogP) is 1.60. The minimum atomic E-state index is -0.638. The highest BCUT2D eigenvalue weighted by atomic mass is 16.5. The molecule has 1 aromatic rings. The lowest BCUT2D eigenvalue weighted by atomic mass is 9.76. The zero-order valence-electron chi connectivity index (χ0n) is 15.5. The average Bonchev–Trinajstić information content (AvgIpc) is 3.44. The van der Waals surface area contributed by atoms with Crippen molar-refractivity contribution in [1.82, 2.24) is 9.80 Å². The third-order valence-electron chi connectivity index (χ3n) is 6.39. The second kappa shape index (κ2) is 6.09. The maximum atomic E-state index is 13.3. The first-order valence-electron chi connectivity index (χ1n) is 9.69. The first-order chi connectivity index (χ1) is 13.1. The Hall–Kier alpha value is -2.34. The van der Waals surface area contributed by atoms with Crippen LogP contribution in [0, 0.1) is 11.8 Å². The van der Waals surface area contributed by atoms with E-state index in [1.54, 1.807) is 7.11 Å². The molecular weight excluding hydrogens is 344 g/mol.